The van der Waals surface area contributed by atoms with Gasteiger partial charge in [0.25, 0.3) is 5.91 Å². The zero-order chi connectivity index (χ0) is 20.1. The number of hydrogen-bond donors (Lipinski definition) is 2. The van der Waals surface area contributed by atoms with E-state index in [1.54, 1.807) is 0 Å². The molecule has 144 valence electrons. The predicted molar refractivity (Wildman–Crippen MR) is 99.9 cm³/mol. The van der Waals surface area contributed by atoms with Gasteiger partial charge in [0.15, 0.2) is 0 Å². The molecule has 0 unspecified atom stereocenters. The Balaban J connectivity index is 1.63. The third kappa shape index (κ3) is 4.85. The SMILES string of the molecule is Cc1ccccc1CNc1ncc(C(=O)Nc2cccc(C(F)(F)F)c2)cn1. The minimum atomic E-state index is -4.48. The summed E-state index contributed by atoms with van der Waals surface area (Å²) in [6, 6.07) is 12.3. The smallest absolute Gasteiger partial charge is 0.350 e. The fourth-order valence-corrected chi connectivity index (χ4v) is 2.50. The van der Waals surface area contributed by atoms with Crippen molar-refractivity contribution >= 4 is 17.5 Å². The molecule has 5 nitrogen and oxygen atoms in total. The van der Waals surface area contributed by atoms with E-state index in [1.165, 1.54) is 24.5 Å². The van der Waals surface area contributed by atoms with Crippen LogP contribution in [0.5, 0.6) is 0 Å². The average Bonchev–Trinajstić information content (AvgIpc) is 2.67. The van der Waals surface area contributed by atoms with Crippen LogP contribution in [0.15, 0.2) is 60.9 Å². The summed E-state index contributed by atoms with van der Waals surface area (Å²) in [6.45, 7) is 2.53. The van der Waals surface area contributed by atoms with Gasteiger partial charge in [-0.1, -0.05) is 30.3 Å². The molecule has 28 heavy (non-hydrogen) atoms. The summed E-state index contributed by atoms with van der Waals surface area (Å²) in [5.74, 6) is -0.247. The summed E-state index contributed by atoms with van der Waals surface area (Å²) in [4.78, 5) is 20.4. The first-order valence-electron chi connectivity index (χ1n) is 8.42. The average molecular weight is 386 g/mol. The van der Waals surface area contributed by atoms with Crippen molar-refractivity contribution in [3.63, 3.8) is 0 Å². The second-order valence-corrected chi connectivity index (χ2v) is 6.11. The molecule has 0 aliphatic heterocycles. The normalized spacial score (nSPS) is 11.1. The Morgan fingerprint density at radius 3 is 2.43 bits per heavy atom. The number of alkyl halides is 3. The molecular formula is C20H17F3N4O. The van der Waals surface area contributed by atoms with Crippen molar-refractivity contribution in [3.05, 3.63) is 83.2 Å². The fraction of sp³-hybridized carbons (Fsp3) is 0.150. The molecule has 0 bridgehead atoms. The summed E-state index contributed by atoms with van der Waals surface area (Å²) < 4.78 is 38.3. The maximum Gasteiger partial charge on any atom is 0.416 e. The maximum atomic E-state index is 12.8. The number of aryl methyl sites for hydroxylation is 1. The summed E-state index contributed by atoms with van der Waals surface area (Å²) in [5.41, 5.74) is 1.57. The number of rotatable bonds is 5. The number of nitrogens with zero attached hydrogens (tertiary/aromatic N) is 2. The molecule has 3 rings (SSSR count). The lowest BCUT2D eigenvalue weighted by atomic mass is 10.1. The second-order valence-electron chi connectivity index (χ2n) is 6.11. The molecule has 1 aromatic heterocycles. The van der Waals surface area contributed by atoms with Crippen LogP contribution in [0.1, 0.15) is 27.0 Å². The summed E-state index contributed by atoms with van der Waals surface area (Å²) in [7, 11) is 0. The lowest BCUT2D eigenvalue weighted by Gasteiger charge is -2.10. The van der Waals surface area contributed by atoms with E-state index in [1.807, 2.05) is 31.2 Å². The van der Waals surface area contributed by atoms with Crippen molar-refractivity contribution in [2.45, 2.75) is 19.6 Å². The Hall–Kier alpha value is -3.42. The van der Waals surface area contributed by atoms with Crippen LogP contribution in [-0.4, -0.2) is 15.9 Å². The number of anilines is 2. The Morgan fingerprint density at radius 2 is 1.75 bits per heavy atom. The molecule has 2 N–H and O–H groups in total. The van der Waals surface area contributed by atoms with Crippen LogP contribution in [0.3, 0.4) is 0 Å². The molecule has 0 saturated carbocycles. The lowest BCUT2D eigenvalue weighted by Crippen LogP contribution is -2.14. The summed E-state index contributed by atoms with van der Waals surface area (Å²) in [6.07, 6.45) is -1.85. The maximum absolute atomic E-state index is 12.8. The van der Waals surface area contributed by atoms with Gasteiger partial charge < -0.3 is 10.6 Å². The molecule has 0 radical (unpaired) electrons. The van der Waals surface area contributed by atoms with Crippen molar-refractivity contribution in [3.8, 4) is 0 Å². The molecule has 0 fully saturated rings. The van der Waals surface area contributed by atoms with E-state index in [-0.39, 0.29) is 11.3 Å². The van der Waals surface area contributed by atoms with E-state index >= 15 is 0 Å². The van der Waals surface area contributed by atoms with Gasteiger partial charge in [-0.15, -0.1) is 0 Å². The Morgan fingerprint density at radius 1 is 1.04 bits per heavy atom. The van der Waals surface area contributed by atoms with E-state index in [0.29, 0.717) is 12.5 Å². The molecule has 1 heterocycles. The topological polar surface area (TPSA) is 66.9 Å². The van der Waals surface area contributed by atoms with E-state index in [0.717, 1.165) is 23.3 Å². The van der Waals surface area contributed by atoms with Crippen LogP contribution < -0.4 is 10.6 Å². The molecule has 0 atom stereocenters. The molecule has 0 spiro atoms. The zero-order valence-electron chi connectivity index (χ0n) is 14.9. The van der Waals surface area contributed by atoms with Crippen molar-refractivity contribution in [2.24, 2.45) is 0 Å². The van der Waals surface area contributed by atoms with E-state index < -0.39 is 17.6 Å². The molecule has 1 amide bonds. The van der Waals surface area contributed by atoms with Crippen LogP contribution >= 0.6 is 0 Å². The summed E-state index contributed by atoms with van der Waals surface area (Å²) >= 11 is 0. The van der Waals surface area contributed by atoms with Crippen molar-refractivity contribution in [2.75, 3.05) is 10.6 Å². The number of nitrogens with one attached hydrogen (secondary N) is 2. The van der Waals surface area contributed by atoms with E-state index in [4.69, 9.17) is 0 Å². The van der Waals surface area contributed by atoms with Crippen molar-refractivity contribution in [1.82, 2.24) is 9.97 Å². The quantitative estimate of drug-likeness (QED) is 0.669. The highest BCUT2D eigenvalue weighted by atomic mass is 19.4. The van der Waals surface area contributed by atoms with Gasteiger partial charge in [-0.05, 0) is 36.2 Å². The lowest BCUT2D eigenvalue weighted by molar-refractivity contribution is -0.137. The van der Waals surface area contributed by atoms with Crippen LogP contribution in [0.4, 0.5) is 24.8 Å². The van der Waals surface area contributed by atoms with Gasteiger partial charge in [-0.25, -0.2) is 9.97 Å². The monoisotopic (exact) mass is 386 g/mol. The number of aromatic nitrogens is 2. The summed E-state index contributed by atoms with van der Waals surface area (Å²) in [5, 5.41) is 5.48. The number of hydrogen-bond acceptors (Lipinski definition) is 4. The number of halogens is 3. The van der Waals surface area contributed by atoms with Crippen molar-refractivity contribution < 1.29 is 18.0 Å². The molecule has 8 heteroatoms. The minimum absolute atomic E-state index is 0.0431. The second kappa shape index (κ2) is 8.08. The molecule has 0 aliphatic rings. The largest absolute Gasteiger partial charge is 0.416 e. The highest BCUT2D eigenvalue weighted by Gasteiger charge is 2.30. The number of carbonyl (C=O) groups excluding carboxylic acids is 1. The molecule has 0 saturated heterocycles. The first kappa shape index (κ1) is 19.3. The third-order valence-electron chi connectivity index (χ3n) is 4.06. The number of carbonyl (C=O) groups is 1. The van der Waals surface area contributed by atoms with E-state index in [2.05, 4.69) is 20.6 Å². The van der Waals surface area contributed by atoms with Gasteiger partial charge in [0.1, 0.15) is 0 Å². The number of amides is 1. The van der Waals surface area contributed by atoms with Gasteiger partial charge in [0.2, 0.25) is 5.95 Å². The van der Waals surface area contributed by atoms with Gasteiger partial charge >= 0.3 is 6.18 Å². The van der Waals surface area contributed by atoms with Gasteiger partial charge in [0, 0.05) is 24.6 Å². The molecule has 0 aliphatic carbocycles. The Kier molecular flexibility index (Phi) is 5.58. The first-order chi connectivity index (χ1) is 13.3. The van der Waals surface area contributed by atoms with Gasteiger partial charge in [-0.3, -0.25) is 4.79 Å². The molecular weight excluding hydrogens is 369 g/mol. The first-order valence-corrected chi connectivity index (χ1v) is 8.42. The fourth-order valence-electron chi connectivity index (χ4n) is 2.50. The van der Waals surface area contributed by atoms with Crippen molar-refractivity contribution in [1.29, 1.82) is 0 Å². The van der Waals surface area contributed by atoms with Gasteiger partial charge in [0.05, 0.1) is 11.1 Å². The van der Waals surface area contributed by atoms with Crippen LogP contribution in [0, 0.1) is 6.92 Å². The van der Waals surface area contributed by atoms with Crippen LogP contribution in [0.25, 0.3) is 0 Å². The highest BCUT2D eigenvalue weighted by molar-refractivity contribution is 6.03. The van der Waals surface area contributed by atoms with Gasteiger partial charge in [-0.2, -0.15) is 13.2 Å². The zero-order valence-corrected chi connectivity index (χ0v) is 14.9. The minimum Gasteiger partial charge on any atom is -0.350 e. The predicted octanol–water partition coefficient (Wildman–Crippen LogP) is 4.67. The van der Waals surface area contributed by atoms with Crippen LogP contribution in [0.2, 0.25) is 0 Å². The molecule has 2 aromatic carbocycles. The Bertz CT molecular complexity index is 972. The molecule has 3 aromatic rings. The standard InChI is InChI=1S/C20H17F3N4O/c1-13-5-2-3-6-14(13)10-24-19-25-11-15(12-26-19)18(28)27-17-8-4-7-16(9-17)20(21,22)23/h2-9,11-12H,10H2,1H3,(H,27,28)(H,24,25,26). The number of benzene rings is 2. The highest BCUT2D eigenvalue weighted by Crippen LogP contribution is 2.30. The Labute approximate surface area is 159 Å². The van der Waals surface area contributed by atoms with Crippen LogP contribution in [-0.2, 0) is 12.7 Å². The van der Waals surface area contributed by atoms with E-state index in [9.17, 15) is 18.0 Å². The third-order valence-corrected chi connectivity index (χ3v) is 4.06.